The molecule has 1 saturated carbocycles. The van der Waals surface area contributed by atoms with E-state index >= 15 is 0 Å². The fourth-order valence-electron chi connectivity index (χ4n) is 2.20. The molecule has 1 aliphatic carbocycles. The first-order chi connectivity index (χ1) is 9.53. The highest BCUT2D eigenvalue weighted by atomic mass is 35.5. The van der Waals surface area contributed by atoms with Crippen LogP contribution in [-0.2, 0) is 11.3 Å². The third kappa shape index (κ3) is 3.22. The normalized spacial score (nSPS) is 16.1. The number of nitrogens with one attached hydrogen (secondary N) is 2. The van der Waals surface area contributed by atoms with Crippen LogP contribution < -0.4 is 10.6 Å². The van der Waals surface area contributed by atoms with Gasteiger partial charge in [-0.3, -0.25) is 4.79 Å². The number of halogens is 1. The number of benzene rings is 1. The van der Waals surface area contributed by atoms with Gasteiger partial charge in [0, 0.05) is 18.1 Å². The van der Waals surface area contributed by atoms with Crippen molar-refractivity contribution in [2.24, 2.45) is 5.41 Å². The molecule has 1 aromatic rings. The quantitative estimate of drug-likeness (QED) is 0.780. The topological polar surface area (TPSA) is 78.4 Å². The number of hydrogen-bond acceptors (Lipinski definition) is 2. The van der Waals surface area contributed by atoms with Gasteiger partial charge in [-0.25, -0.2) is 4.79 Å². The summed E-state index contributed by atoms with van der Waals surface area (Å²) in [7, 11) is 0. The molecule has 2 amide bonds. The Kier molecular flexibility index (Phi) is 4.49. The number of carbonyl (C=O) groups excluding carboxylic acids is 1. The molecule has 0 aromatic heterocycles. The summed E-state index contributed by atoms with van der Waals surface area (Å²) in [4.78, 5) is 22.8. The third-order valence-electron chi connectivity index (χ3n) is 3.75. The monoisotopic (exact) mass is 296 g/mol. The Morgan fingerprint density at radius 3 is 2.50 bits per heavy atom. The summed E-state index contributed by atoms with van der Waals surface area (Å²) >= 11 is 5.98. The molecule has 0 spiro atoms. The molecule has 0 heterocycles. The number of carboxylic acids is 1. The smallest absolute Gasteiger partial charge is 0.315 e. The maximum atomic E-state index is 11.7. The van der Waals surface area contributed by atoms with Crippen LogP contribution in [0.5, 0.6) is 0 Å². The third-order valence-corrected chi connectivity index (χ3v) is 4.12. The Labute approximate surface area is 122 Å². The van der Waals surface area contributed by atoms with Crippen LogP contribution in [0.2, 0.25) is 5.02 Å². The molecule has 1 aromatic carbocycles. The number of rotatable bonds is 5. The largest absolute Gasteiger partial charge is 0.481 e. The van der Waals surface area contributed by atoms with Crippen LogP contribution in [-0.4, -0.2) is 23.7 Å². The number of urea groups is 1. The van der Waals surface area contributed by atoms with Crippen molar-refractivity contribution in [1.82, 2.24) is 10.6 Å². The second-order valence-electron chi connectivity index (χ2n) is 5.07. The number of carbonyl (C=O) groups is 2. The van der Waals surface area contributed by atoms with E-state index in [1.54, 1.807) is 6.07 Å². The zero-order valence-corrected chi connectivity index (χ0v) is 11.7. The van der Waals surface area contributed by atoms with Gasteiger partial charge < -0.3 is 15.7 Å². The molecule has 0 bridgehead atoms. The second-order valence-corrected chi connectivity index (χ2v) is 5.47. The van der Waals surface area contributed by atoms with Gasteiger partial charge in [-0.05, 0) is 24.5 Å². The van der Waals surface area contributed by atoms with Crippen LogP contribution in [0, 0.1) is 5.41 Å². The van der Waals surface area contributed by atoms with Crippen molar-refractivity contribution in [3.63, 3.8) is 0 Å². The molecular formula is C14H17ClN2O3. The molecular weight excluding hydrogens is 280 g/mol. The van der Waals surface area contributed by atoms with E-state index in [9.17, 15) is 9.59 Å². The van der Waals surface area contributed by atoms with Gasteiger partial charge in [0.2, 0.25) is 0 Å². The van der Waals surface area contributed by atoms with Crippen molar-refractivity contribution < 1.29 is 14.7 Å². The maximum absolute atomic E-state index is 11.7. The summed E-state index contributed by atoms with van der Waals surface area (Å²) < 4.78 is 0. The van der Waals surface area contributed by atoms with Crippen LogP contribution in [0.3, 0.4) is 0 Å². The maximum Gasteiger partial charge on any atom is 0.315 e. The van der Waals surface area contributed by atoms with Crippen molar-refractivity contribution in [2.45, 2.75) is 25.8 Å². The molecule has 0 unspecified atom stereocenters. The molecule has 0 aliphatic heterocycles. The van der Waals surface area contributed by atoms with Gasteiger partial charge >= 0.3 is 12.0 Å². The molecule has 20 heavy (non-hydrogen) atoms. The predicted octanol–water partition coefficient (Wildman–Crippen LogP) is 2.39. The lowest BCUT2D eigenvalue weighted by atomic mass is 9.69. The summed E-state index contributed by atoms with van der Waals surface area (Å²) in [6.07, 6.45) is 2.13. The Bertz CT molecular complexity index is 515. The average molecular weight is 297 g/mol. The van der Waals surface area contributed by atoms with Crippen LogP contribution in [0.15, 0.2) is 24.3 Å². The van der Waals surface area contributed by atoms with Crippen molar-refractivity contribution in [1.29, 1.82) is 0 Å². The standard InChI is InChI=1S/C14H17ClN2O3/c15-11-5-2-1-4-10(11)8-16-13(20)17-9-14(12(18)19)6-3-7-14/h1-2,4-5H,3,6-9H2,(H,18,19)(H2,16,17,20). The van der Waals surface area contributed by atoms with Gasteiger partial charge in [0.15, 0.2) is 0 Å². The Balaban J connectivity index is 1.79. The van der Waals surface area contributed by atoms with E-state index < -0.39 is 11.4 Å². The number of hydrogen-bond donors (Lipinski definition) is 3. The lowest BCUT2D eigenvalue weighted by Crippen LogP contribution is -2.49. The summed E-state index contributed by atoms with van der Waals surface area (Å²) in [5, 5.41) is 15.0. The molecule has 1 fully saturated rings. The summed E-state index contributed by atoms with van der Waals surface area (Å²) in [6.45, 7) is 0.474. The Hall–Kier alpha value is -1.75. The predicted molar refractivity (Wildman–Crippen MR) is 75.6 cm³/mol. The van der Waals surface area contributed by atoms with Gasteiger partial charge in [-0.2, -0.15) is 0 Å². The van der Waals surface area contributed by atoms with Crippen LogP contribution in [0.25, 0.3) is 0 Å². The van der Waals surface area contributed by atoms with E-state index in [1.807, 2.05) is 18.2 Å². The first-order valence-corrected chi connectivity index (χ1v) is 6.90. The number of amides is 2. The number of aliphatic carboxylic acids is 1. The second kappa shape index (κ2) is 6.13. The van der Waals surface area contributed by atoms with Crippen molar-refractivity contribution in [3.8, 4) is 0 Å². The fourth-order valence-corrected chi connectivity index (χ4v) is 2.40. The Morgan fingerprint density at radius 2 is 1.95 bits per heavy atom. The van der Waals surface area contributed by atoms with E-state index in [1.165, 1.54) is 0 Å². The van der Waals surface area contributed by atoms with Gasteiger partial charge in [0.05, 0.1) is 5.41 Å². The van der Waals surface area contributed by atoms with Crippen LogP contribution in [0.1, 0.15) is 24.8 Å². The minimum Gasteiger partial charge on any atom is -0.481 e. The molecule has 0 radical (unpaired) electrons. The molecule has 0 atom stereocenters. The zero-order chi connectivity index (χ0) is 14.6. The van der Waals surface area contributed by atoms with Crippen molar-refractivity contribution in [3.05, 3.63) is 34.9 Å². The number of carboxylic acid groups (broad SMARTS) is 1. The average Bonchev–Trinajstić information content (AvgIpc) is 2.36. The first-order valence-electron chi connectivity index (χ1n) is 6.52. The summed E-state index contributed by atoms with van der Waals surface area (Å²) in [6, 6.07) is 6.86. The SMILES string of the molecule is O=C(NCc1ccccc1Cl)NCC1(C(=O)O)CCC1. The summed E-state index contributed by atoms with van der Waals surface area (Å²) in [5.74, 6) is -0.838. The van der Waals surface area contributed by atoms with E-state index in [2.05, 4.69) is 10.6 Å². The van der Waals surface area contributed by atoms with E-state index in [4.69, 9.17) is 16.7 Å². The molecule has 6 heteroatoms. The van der Waals surface area contributed by atoms with Crippen molar-refractivity contribution in [2.75, 3.05) is 6.54 Å². The van der Waals surface area contributed by atoms with E-state index in [0.29, 0.717) is 24.4 Å². The highest BCUT2D eigenvalue weighted by Crippen LogP contribution is 2.40. The minimum atomic E-state index is -0.838. The van der Waals surface area contributed by atoms with Gasteiger partial charge in [-0.15, -0.1) is 0 Å². The highest BCUT2D eigenvalue weighted by molar-refractivity contribution is 6.31. The van der Waals surface area contributed by atoms with Crippen LogP contribution in [0.4, 0.5) is 4.79 Å². The molecule has 5 nitrogen and oxygen atoms in total. The first kappa shape index (κ1) is 14.7. The molecule has 2 rings (SSSR count). The van der Waals surface area contributed by atoms with E-state index in [-0.39, 0.29) is 12.6 Å². The zero-order valence-electron chi connectivity index (χ0n) is 11.0. The van der Waals surface area contributed by atoms with E-state index in [0.717, 1.165) is 12.0 Å². The lowest BCUT2D eigenvalue weighted by Gasteiger charge is -2.37. The van der Waals surface area contributed by atoms with Gasteiger partial charge in [0.1, 0.15) is 0 Å². The Morgan fingerprint density at radius 1 is 1.25 bits per heavy atom. The van der Waals surface area contributed by atoms with Crippen molar-refractivity contribution >= 4 is 23.6 Å². The molecule has 3 N–H and O–H groups in total. The summed E-state index contributed by atoms with van der Waals surface area (Å²) in [5.41, 5.74) is 0.0442. The minimum absolute atomic E-state index is 0.163. The fraction of sp³-hybridized carbons (Fsp3) is 0.429. The lowest BCUT2D eigenvalue weighted by molar-refractivity contribution is -0.153. The molecule has 108 valence electrons. The van der Waals surface area contributed by atoms with Crippen LogP contribution >= 0.6 is 11.6 Å². The molecule has 1 aliphatic rings. The molecule has 0 saturated heterocycles. The van der Waals surface area contributed by atoms with Gasteiger partial charge in [0.25, 0.3) is 0 Å². The highest BCUT2D eigenvalue weighted by Gasteiger charge is 2.44. The van der Waals surface area contributed by atoms with Gasteiger partial charge in [-0.1, -0.05) is 36.2 Å².